The zero-order chi connectivity index (χ0) is 13.5. The number of rotatable bonds is 7. The molecule has 0 spiro atoms. The first-order chi connectivity index (χ1) is 8.49. The molecule has 0 saturated heterocycles. The highest BCUT2D eigenvalue weighted by atomic mass is 19.1. The van der Waals surface area contributed by atoms with E-state index in [-0.39, 0.29) is 11.9 Å². The van der Waals surface area contributed by atoms with Gasteiger partial charge in [-0.3, -0.25) is 0 Å². The van der Waals surface area contributed by atoms with E-state index in [0.717, 1.165) is 31.0 Å². The van der Waals surface area contributed by atoms with Crippen LogP contribution in [0, 0.1) is 11.7 Å². The molecule has 18 heavy (non-hydrogen) atoms. The normalized spacial score (nSPS) is 13.3. The third-order valence-electron chi connectivity index (χ3n) is 3.21. The Balaban J connectivity index is 2.32. The minimum Gasteiger partial charge on any atom is -0.324 e. The molecule has 0 saturated carbocycles. The van der Waals surface area contributed by atoms with Crippen molar-refractivity contribution in [2.45, 2.75) is 32.7 Å². The van der Waals surface area contributed by atoms with E-state index in [4.69, 9.17) is 5.73 Å². The Morgan fingerprint density at radius 3 is 2.22 bits per heavy atom. The van der Waals surface area contributed by atoms with Crippen molar-refractivity contribution in [3.05, 3.63) is 35.6 Å². The lowest BCUT2D eigenvalue weighted by atomic mass is 10.0. The summed E-state index contributed by atoms with van der Waals surface area (Å²) in [6.07, 6.45) is 2.11. The Hall–Kier alpha value is -0.930. The number of halogens is 1. The molecule has 2 N–H and O–H groups in total. The van der Waals surface area contributed by atoms with E-state index in [1.165, 1.54) is 18.6 Å². The molecule has 0 aliphatic carbocycles. The molecule has 1 rings (SSSR count). The third kappa shape index (κ3) is 5.61. The molecular formula is C15H25FN2. The van der Waals surface area contributed by atoms with Crippen molar-refractivity contribution < 1.29 is 4.39 Å². The van der Waals surface area contributed by atoms with E-state index in [0.29, 0.717) is 0 Å². The maximum atomic E-state index is 12.8. The molecule has 102 valence electrons. The predicted octanol–water partition coefficient (Wildman–Crippen LogP) is 3.19. The molecule has 3 heteroatoms. The van der Waals surface area contributed by atoms with Crippen LogP contribution < -0.4 is 5.73 Å². The lowest BCUT2D eigenvalue weighted by Crippen LogP contribution is -2.25. The van der Waals surface area contributed by atoms with Gasteiger partial charge in [0, 0.05) is 6.04 Å². The van der Waals surface area contributed by atoms with Crippen molar-refractivity contribution in [2.75, 3.05) is 20.1 Å². The molecule has 0 heterocycles. The van der Waals surface area contributed by atoms with Gasteiger partial charge in [-0.1, -0.05) is 26.0 Å². The predicted molar refractivity (Wildman–Crippen MR) is 74.9 cm³/mol. The fourth-order valence-electron chi connectivity index (χ4n) is 1.83. The van der Waals surface area contributed by atoms with Gasteiger partial charge < -0.3 is 10.6 Å². The molecule has 0 aliphatic heterocycles. The third-order valence-corrected chi connectivity index (χ3v) is 3.21. The first-order valence-corrected chi connectivity index (χ1v) is 6.68. The van der Waals surface area contributed by atoms with Crippen molar-refractivity contribution in [1.82, 2.24) is 4.90 Å². The van der Waals surface area contributed by atoms with Crippen LogP contribution in [0.4, 0.5) is 4.39 Å². The minimum atomic E-state index is -0.208. The second-order valence-electron chi connectivity index (χ2n) is 5.43. The first kappa shape index (κ1) is 15.1. The Bertz CT molecular complexity index is 335. The molecule has 0 amide bonds. The largest absolute Gasteiger partial charge is 0.324 e. The van der Waals surface area contributed by atoms with Crippen LogP contribution in [0.25, 0.3) is 0 Å². The summed E-state index contributed by atoms with van der Waals surface area (Å²) in [5.41, 5.74) is 7.11. The Labute approximate surface area is 110 Å². The summed E-state index contributed by atoms with van der Waals surface area (Å²) in [7, 11) is 2.12. The molecule has 0 radical (unpaired) electrons. The van der Waals surface area contributed by atoms with Crippen LogP contribution in [-0.4, -0.2) is 25.0 Å². The first-order valence-electron chi connectivity index (χ1n) is 6.68. The maximum Gasteiger partial charge on any atom is 0.123 e. The molecule has 1 aromatic carbocycles. The monoisotopic (exact) mass is 252 g/mol. The minimum absolute atomic E-state index is 0.00731. The number of nitrogens with two attached hydrogens (primary N) is 1. The number of hydrogen-bond donors (Lipinski definition) is 1. The van der Waals surface area contributed by atoms with Gasteiger partial charge in [-0.15, -0.1) is 0 Å². The standard InChI is InChI=1S/C15H25FN2/c1-12(2)8-10-18(3)11-9-15(17)13-4-6-14(16)7-5-13/h4-7,12,15H,8-11,17H2,1-3H3. The van der Waals surface area contributed by atoms with Crippen LogP contribution in [0.3, 0.4) is 0 Å². The summed E-state index contributed by atoms with van der Waals surface area (Å²) < 4.78 is 12.8. The van der Waals surface area contributed by atoms with Gasteiger partial charge in [0.15, 0.2) is 0 Å². The lowest BCUT2D eigenvalue weighted by molar-refractivity contribution is 0.298. The molecule has 1 atom stereocenters. The van der Waals surface area contributed by atoms with E-state index >= 15 is 0 Å². The molecule has 0 aromatic heterocycles. The summed E-state index contributed by atoms with van der Waals surface area (Å²) in [6.45, 7) is 6.55. The van der Waals surface area contributed by atoms with E-state index in [1.54, 1.807) is 12.1 Å². The Kier molecular flexibility index (Phi) is 6.30. The summed E-state index contributed by atoms with van der Waals surface area (Å²) >= 11 is 0. The highest BCUT2D eigenvalue weighted by molar-refractivity contribution is 5.19. The van der Waals surface area contributed by atoms with Gasteiger partial charge in [0.05, 0.1) is 0 Å². The zero-order valence-corrected chi connectivity index (χ0v) is 11.7. The number of nitrogens with zero attached hydrogens (tertiary/aromatic N) is 1. The van der Waals surface area contributed by atoms with Crippen molar-refractivity contribution >= 4 is 0 Å². The average Bonchev–Trinajstić information content (AvgIpc) is 2.34. The molecule has 1 unspecified atom stereocenters. The van der Waals surface area contributed by atoms with Gasteiger partial charge in [0.1, 0.15) is 5.82 Å². The highest BCUT2D eigenvalue weighted by Crippen LogP contribution is 2.15. The molecule has 2 nitrogen and oxygen atoms in total. The van der Waals surface area contributed by atoms with Crippen molar-refractivity contribution in [2.24, 2.45) is 11.7 Å². The molecule has 0 fully saturated rings. The van der Waals surface area contributed by atoms with E-state index in [9.17, 15) is 4.39 Å². The highest BCUT2D eigenvalue weighted by Gasteiger charge is 2.08. The van der Waals surface area contributed by atoms with E-state index in [2.05, 4.69) is 25.8 Å². The Morgan fingerprint density at radius 1 is 1.11 bits per heavy atom. The van der Waals surface area contributed by atoms with Gasteiger partial charge >= 0.3 is 0 Å². The number of benzene rings is 1. The van der Waals surface area contributed by atoms with Gasteiger partial charge in [0.25, 0.3) is 0 Å². The molecule has 0 bridgehead atoms. The van der Waals surface area contributed by atoms with Crippen LogP contribution in [-0.2, 0) is 0 Å². The van der Waals surface area contributed by atoms with Crippen LogP contribution >= 0.6 is 0 Å². The Morgan fingerprint density at radius 2 is 1.67 bits per heavy atom. The SMILES string of the molecule is CC(C)CCN(C)CCC(N)c1ccc(F)cc1. The van der Waals surface area contributed by atoms with Crippen molar-refractivity contribution in [3.8, 4) is 0 Å². The van der Waals surface area contributed by atoms with Gasteiger partial charge in [-0.05, 0) is 56.6 Å². The average molecular weight is 252 g/mol. The lowest BCUT2D eigenvalue weighted by Gasteiger charge is -2.20. The topological polar surface area (TPSA) is 29.3 Å². The maximum absolute atomic E-state index is 12.8. The van der Waals surface area contributed by atoms with E-state index < -0.39 is 0 Å². The van der Waals surface area contributed by atoms with Crippen LogP contribution in [0.1, 0.15) is 38.3 Å². The second-order valence-corrected chi connectivity index (χ2v) is 5.43. The fraction of sp³-hybridized carbons (Fsp3) is 0.600. The van der Waals surface area contributed by atoms with Gasteiger partial charge in [0.2, 0.25) is 0 Å². The van der Waals surface area contributed by atoms with Crippen molar-refractivity contribution in [1.29, 1.82) is 0 Å². The summed E-state index contributed by atoms with van der Waals surface area (Å²) in [5, 5.41) is 0. The van der Waals surface area contributed by atoms with Crippen LogP contribution in [0.5, 0.6) is 0 Å². The van der Waals surface area contributed by atoms with E-state index in [1.807, 2.05) is 0 Å². The zero-order valence-electron chi connectivity index (χ0n) is 11.7. The van der Waals surface area contributed by atoms with Crippen LogP contribution in [0.15, 0.2) is 24.3 Å². The van der Waals surface area contributed by atoms with Crippen LogP contribution in [0.2, 0.25) is 0 Å². The second kappa shape index (κ2) is 7.49. The molecule has 1 aromatic rings. The summed E-state index contributed by atoms with van der Waals surface area (Å²) in [6, 6.07) is 6.48. The summed E-state index contributed by atoms with van der Waals surface area (Å²) in [4.78, 5) is 2.31. The van der Waals surface area contributed by atoms with Gasteiger partial charge in [-0.2, -0.15) is 0 Å². The summed E-state index contributed by atoms with van der Waals surface area (Å²) in [5.74, 6) is 0.526. The fourth-order valence-corrected chi connectivity index (χ4v) is 1.83. The smallest absolute Gasteiger partial charge is 0.123 e. The molecular weight excluding hydrogens is 227 g/mol. The van der Waals surface area contributed by atoms with Gasteiger partial charge in [-0.25, -0.2) is 4.39 Å². The quantitative estimate of drug-likeness (QED) is 0.807. The van der Waals surface area contributed by atoms with Crippen molar-refractivity contribution in [3.63, 3.8) is 0 Å². The number of hydrogen-bond acceptors (Lipinski definition) is 2. The molecule has 0 aliphatic rings.